The van der Waals surface area contributed by atoms with Gasteiger partial charge in [-0.2, -0.15) is 0 Å². The van der Waals surface area contributed by atoms with Crippen LogP contribution < -0.4 is 15.5 Å². The second-order valence-corrected chi connectivity index (χ2v) is 13.1. The summed E-state index contributed by atoms with van der Waals surface area (Å²) in [5.41, 5.74) is -1.59. The number of nitrogens with one attached hydrogen (secondary N) is 2. The molecule has 2 N–H and O–H groups in total. The number of nitrogens with zero attached hydrogens (tertiary/aromatic N) is 2. The summed E-state index contributed by atoms with van der Waals surface area (Å²) in [7, 11) is -10.0. The first-order chi connectivity index (χ1) is 18.4. The normalized spacial score (nSPS) is 26.6. The Hall–Kier alpha value is -2.94. The molecule has 1 aliphatic heterocycles. The fourth-order valence-electron chi connectivity index (χ4n) is 5.62. The largest absolute Gasteiger partial charge is 0.351 e. The number of hydrogen-bond acceptors (Lipinski definition) is 4. The lowest BCUT2D eigenvalue weighted by Gasteiger charge is -2.41. The third kappa shape index (κ3) is 5.62. The molecule has 1 aromatic heterocycles. The zero-order chi connectivity index (χ0) is 29.2. The number of hydrogen-bond donors (Lipinski definition) is 2. The average Bonchev–Trinajstić information content (AvgIpc) is 3.41. The number of benzene rings is 1. The van der Waals surface area contributed by atoms with Crippen molar-refractivity contribution in [1.29, 1.82) is 0 Å². The van der Waals surface area contributed by atoms with Crippen LogP contribution in [-0.4, -0.2) is 40.8 Å². The predicted octanol–water partition coefficient (Wildman–Crippen LogP) is 6.40. The Bertz CT molecular complexity index is 1330. The number of halogens is 8. The maximum absolute atomic E-state index is 14.3. The van der Waals surface area contributed by atoms with E-state index >= 15 is 0 Å². The first-order valence-electron chi connectivity index (χ1n) is 12.6. The lowest BCUT2D eigenvalue weighted by atomic mass is 9.91. The number of pyridine rings is 1. The number of fused-ring (bicyclic) bond motifs is 1. The fourth-order valence-corrected chi connectivity index (χ4v) is 6.27. The average molecular weight is 599 g/mol. The van der Waals surface area contributed by atoms with Crippen LogP contribution in [0.2, 0.25) is 0 Å². The molecule has 2 aliphatic carbocycles. The number of carbonyl (C=O) groups is 2. The summed E-state index contributed by atoms with van der Waals surface area (Å²) < 4.78 is 109. The van der Waals surface area contributed by atoms with Crippen LogP contribution in [0.15, 0.2) is 47.6 Å². The van der Waals surface area contributed by atoms with Gasteiger partial charge in [0.05, 0.1) is 6.20 Å². The molecule has 15 heteroatoms. The van der Waals surface area contributed by atoms with Gasteiger partial charge >= 0.3 is 10.2 Å². The van der Waals surface area contributed by atoms with Crippen molar-refractivity contribution >= 4 is 27.7 Å². The molecule has 2 saturated carbocycles. The Kier molecular flexibility index (Phi) is 6.27. The van der Waals surface area contributed by atoms with E-state index in [-0.39, 0.29) is 42.1 Å². The number of carbonyl (C=O) groups excluding carboxylic acids is 2. The molecule has 3 unspecified atom stereocenters. The molecular formula is C25H26F8N4O2S. The van der Waals surface area contributed by atoms with Gasteiger partial charge in [-0.05, 0) is 68.5 Å². The minimum atomic E-state index is -10.0. The molecule has 0 radical (unpaired) electrons. The molecule has 3 atom stereocenters. The first-order valence-corrected chi connectivity index (χ1v) is 14.6. The summed E-state index contributed by atoms with van der Waals surface area (Å²) >= 11 is 0. The summed E-state index contributed by atoms with van der Waals surface area (Å²) in [6.07, 6.45) is 1.80. The molecule has 3 fully saturated rings. The second kappa shape index (κ2) is 8.78. The maximum Gasteiger partial charge on any atom is 0.310 e. The third-order valence-corrected chi connectivity index (χ3v) is 8.97. The molecule has 220 valence electrons. The van der Waals surface area contributed by atoms with E-state index in [4.69, 9.17) is 0 Å². The van der Waals surface area contributed by atoms with Crippen LogP contribution in [0.4, 0.5) is 38.3 Å². The summed E-state index contributed by atoms with van der Waals surface area (Å²) in [6, 6.07) is 0.0821. The molecule has 0 spiro atoms. The number of piperidine rings is 1. The van der Waals surface area contributed by atoms with Crippen molar-refractivity contribution in [3.8, 4) is 0 Å². The maximum atomic E-state index is 14.3. The van der Waals surface area contributed by atoms with Crippen molar-refractivity contribution in [2.24, 2.45) is 5.92 Å². The van der Waals surface area contributed by atoms with Crippen LogP contribution in [0.5, 0.6) is 0 Å². The SMILES string of the molecule is O=C(NC1CCC(F)(F)CC1)C(c1cncc(F)c1)N(C(=O)C12CC1CCN2)c1ccc(S(F)(F)(F)(F)F)cc1. The second-order valence-electron chi connectivity index (χ2n) is 10.7. The lowest BCUT2D eigenvalue weighted by molar-refractivity contribution is -0.129. The van der Waals surface area contributed by atoms with E-state index in [1.54, 1.807) is 0 Å². The number of anilines is 1. The van der Waals surface area contributed by atoms with Gasteiger partial charge in [0.25, 0.3) is 0 Å². The van der Waals surface area contributed by atoms with Crippen molar-refractivity contribution in [3.63, 3.8) is 0 Å². The molecule has 0 bridgehead atoms. The van der Waals surface area contributed by atoms with Gasteiger partial charge in [-0.3, -0.25) is 19.5 Å². The molecule has 5 rings (SSSR count). The van der Waals surface area contributed by atoms with Crippen molar-refractivity contribution in [2.75, 3.05) is 11.4 Å². The summed E-state index contributed by atoms with van der Waals surface area (Å²) in [6.45, 7) is 0.460. The van der Waals surface area contributed by atoms with Gasteiger partial charge in [0.2, 0.25) is 17.7 Å². The molecule has 3 aliphatic rings. The standard InChI is InChI=1S/C25H26F8N4O2S/c26-17-11-15(13-34-14-17)21(22(38)36-18-5-8-24(27,28)9-6-18)37(23(39)25-12-16(25)7-10-35-25)19-1-3-20(4-2-19)40(29,30,31,32)33/h1-4,11,13-14,16,18,21,35H,5-10,12H2,(H,36,38). The van der Waals surface area contributed by atoms with E-state index in [0.717, 1.165) is 23.4 Å². The van der Waals surface area contributed by atoms with Gasteiger partial charge in [0, 0.05) is 36.3 Å². The van der Waals surface area contributed by atoms with Gasteiger partial charge in [-0.1, -0.05) is 19.4 Å². The number of alkyl halides is 2. The predicted molar refractivity (Wildman–Crippen MR) is 131 cm³/mol. The Morgan fingerprint density at radius 1 is 1.02 bits per heavy atom. The highest BCUT2D eigenvalue weighted by Crippen LogP contribution is 3.02. The van der Waals surface area contributed by atoms with Gasteiger partial charge in [-0.15, -0.1) is 0 Å². The minimum Gasteiger partial charge on any atom is -0.351 e. The zero-order valence-electron chi connectivity index (χ0n) is 20.9. The van der Waals surface area contributed by atoms with Crippen LogP contribution >= 0.6 is 10.2 Å². The van der Waals surface area contributed by atoms with E-state index in [1.807, 2.05) is 0 Å². The van der Waals surface area contributed by atoms with Crippen LogP contribution in [-0.2, 0) is 9.59 Å². The van der Waals surface area contributed by atoms with Gasteiger partial charge in [-0.25, -0.2) is 13.2 Å². The minimum absolute atomic E-state index is 0.0764. The molecule has 2 aromatic rings. The Morgan fingerprint density at radius 2 is 1.68 bits per heavy atom. The smallest absolute Gasteiger partial charge is 0.310 e. The van der Waals surface area contributed by atoms with E-state index in [2.05, 4.69) is 15.6 Å². The Labute approximate surface area is 224 Å². The van der Waals surface area contributed by atoms with Gasteiger partial charge < -0.3 is 10.6 Å². The van der Waals surface area contributed by atoms with Gasteiger partial charge in [0.15, 0.2) is 0 Å². The van der Waals surface area contributed by atoms with E-state index < -0.39 is 69.1 Å². The summed E-state index contributed by atoms with van der Waals surface area (Å²) in [4.78, 5) is 30.1. The van der Waals surface area contributed by atoms with Crippen LogP contribution in [0, 0.1) is 11.7 Å². The van der Waals surface area contributed by atoms with E-state index in [9.17, 15) is 42.2 Å². The molecule has 6 nitrogen and oxygen atoms in total. The summed E-state index contributed by atoms with van der Waals surface area (Å²) in [5, 5.41) is 5.67. The molecule has 2 amide bonds. The van der Waals surface area contributed by atoms with Crippen LogP contribution in [0.25, 0.3) is 0 Å². The first kappa shape index (κ1) is 28.6. The van der Waals surface area contributed by atoms with E-state index in [0.29, 0.717) is 31.5 Å². The van der Waals surface area contributed by atoms with Gasteiger partial charge in [0.1, 0.15) is 22.3 Å². The summed E-state index contributed by atoms with van der Waals surface area (Å²) in [5.74, 6) is -5.51. The highest BCUT2D eigenvalue weighted by Gasteiger charge is 2.66. The van der Waals surface area contributed by atoms with Crippen LogP contribution in [0.3, 0.4) is 0 Å². The van der Waals surface area contributed by atoms with Crippen molar-refractivity contribution in [2.45, 2.75) is 67.0 Å². The van der Waals surface area contributed by atoms with Crippen molar-refractivity contribution in [3.05, 3.63) is 54.1 Å². The highest BCUT2D eigenvalue weighted by molar-refractivity contribution is 8.45. The fraction of sp³-hybridized carbons (Fsp3) is 0.480. The third-order valence-electron chi connectivity index (χ3n) is 7.81. The number of amides is 2. The molecule has 1 aromatic carbocycles. The topological polar surface area (TPSA) is 74.3 Å². The Balaban J connectivity index is 1.57. The molecule has 1 saturated heterocycles. The van der Waals surface area contributed by atoms with Crippen molar-refractivity contribution < 1.29 is 42.2 Å². The number of aromatic nitrogens is 1. The van der Waals surface area contributed by atoms with Crippen LogP contribution in [0.1, 0.15) is 50.1 Å². The molecule has 2 heterocycles. The monoisotopic (exact) mass is 598 g/mol. The highest BCUT2D eigenvalue weighted by atomic mass is 32.5. The van der Waals surface area contributed by atoms with Crippen molar-refractivity contribution in [1.82, 2.24) is 15.6 Å². The Morgan fingerprint density at radius 3 is 2.20 bits per heavy atom. The molecule has 40 heavy (non-hydrogen) atoms. The zero-order valence-corrected chi connectivity index (χ0v) is 21.7. The quantitative estimate of drug-likeness (QED) is 0.362. The van der Waals surface area contributed by atoms with E-state index in [1.165, 1.54) is 0 Å². The lowest BCUT2D eigenvalue weighted by Crippen LogP contribution is -2.54. The molecular weight excluding hydrogens is 572 g/mol. The number of rotatable bonds is 7.